The van der Waals surface area contributed by atoms with Crippen LogP contribution < -0.4 is 10.0 Å². The summed E-state index contributed by atoms with van der Waals surface area (Å²) >= 11 is 0. The molecule has 0 radical (unpaired) electrons. The molecule has 2 aromatic rings. The smallest absolute Gasteiger partial charge is 0.240 e. The number of carbonyl (C=O) groups excluding carboxylic acids is 1. The third kappa shape index (κ3) is 4.12. The minimum absolute atomic E-state index is 0.0360. The summed E-state index contributed by atoms with van der Waals surface area (Å²) in [4.78, 5) is 12.0. The Balaban J connectivity index is 2.03. The molecule has 0 aromatic heterocycles. The summed E-state index contributed by atoms with van der Waals surface area (Å²) in [5.41, 5.74) is 1.03. The number of hydrogen-bond acceptors (Lipinski definition) is 3. The molecule has 2 N–H and O–H groups in total. The van der Waals surface area contributed by atoms with Crippen molar-refractivity contribution in [3.63, 3.8) is 0 Å². The molecule has 0 fully saturated rings. The number of hydrogen-bond donors (Lipinski definition) is 2. The quantitative estimate of drug-likeness (QED) is 0.883. The van der Waals surface area contributed by atoms with Gasteiger partial charge in [0.25, 0.3) is 0 Å². The highest BCUT2D eigenvalue weighted by Gasteiger charge is 2.11. The van der Waals surface area contributed by atoms with Crippen LogP contribution in [0.5, 0.6) is 0 Å². The summed E-state index contributed by atoms with van der Waals surface area (Å²) in [6.07, 6.45) is 0.0360. The number of halogens is 1. The van der Waals surface area contributed by atoms with E-state index < -0.39 is 15.8 Å². The Hall–Kier alpha value is -2.25. The van der Waals surface area contributed by atoms with E-state index >= 15 is 0 Å². The molecule has 0 spiro atoms. The predicted molar refractivity (Wildman–Crippen MR) is 81.4 cm³/mol. The van der Waals surface area contributed by atoms with Crippen LogP contribution in [-0.4, -0.2) is 21.4 Å². The van der Waals surface area contributed by atoms with Crippen molar-refractivity contribution in [3.8, 4) is 0 Å². The Bertz CT molecular complexity index is 774. The van der Waals surface area contributed by atoms with Crippen LogP contribution in [0.1, 0.15) is 5.56 Å². The molecule has 116 valence electrons. The van der Waals surface area contributed by atoms with Gasteiger partial charge in [-0.2, -0.15) is 0 Å². The van der Waals surface area contributed by atoms with Gasteiger partial charge in [0.15, 0.2) is 0 Å². The SMILES string of the molecule is CNS(=O)(=O)c1ccc(NC(=O)Cc2cccc(F)c2)cc1. The van der Waals surface area contributed by atoms with Gasteiger partial charge >= 0.3 is 0 Å². The van der Waals surface area contributed by atoms with Crippen molar-refractivity contribution < 1.29 is 17.6 Å². The molecule has 0 aliphatic carbocycles. The third-order valence-corrected chi connectivity index (χ3v) is 4.40. The number of nitrogens with one attached hydrogen (secondary N) is 2. The molecule has 22 heavy (non-hydrogen) atoms. The number of amides is 1. The van der Waals surface area contributed by atoms with Gasteiger partial charge in [0.1, 0.15) is 5.82 Å². The van der Waals surface area contributed by atoms with E-state index in [2.05, 4.69) is 10.0 Å². The predicted octanol–water partition coefficient (Wildman–Crippen LogP) is 1.91. The largest absolute Gasteiger partial charge is 0.326 e. The molecule has 2 rings (SSSR count). The van der Waals surface area contributed by atoms with Crippen molar-refractivity contribution in [2.24, 2.45) is 0 Å². The molecule has 0 aliphatic heterocycles. The molecule has 0 atom stereocenters. The monoisotopic (exact) mass is 322 g/mol. The van der Waals surface area contributed by atoms with Gasteiger partial charge in [-0.05, 0) is 49.0 Å². The maximum absolute atomic E-state index is 13.0. The van der Waals surface area contributed by atoms with Gasteiger partial charge in [-0.1, -0.05) is 12.1 Å². The minimum atomic E-state index is -3.50. The molecule has 0 unspecified atom stereocenters. The fourth-order valence-electron chi connectivity index (χ4n) is 1.87. The van der Waals surface area contributed by atoms with Gasteiger partial charge in [-0.3, -0.25) is 4.79 Å². The molecule has 2 aromatic carbocycles. The number of rotatable bonds is 5. The molecule has 0 heterocycles. The van der Waals surface area contributed by atoms with Gasteiger partial charge in [0.05, 0.1) is 11.3 Å². The van der Waals surface area contributed by atoms with Gasteiger partial charge < -0.3 is 5.32 Å². The van der Waals surface area contributed by atoms with Crippen LogP contribution in [0.15, 0.2) is 53.4 Å². The third-order valence-electron chi connectivity index (χ3n) is 2.97. The van der Waals surface area contributed by atoms with Crippen LogP contribution in [0.4, 0.5) is 10.1 Å². The van der Waals surface area contributed by atoms with Crippen LogP contribution in [0.2, 0.25) is 0 Å². The maximum Gasteiger partial charge on any atom is 0.240 e. The van der Waals surface area contributed by atoms with E-state index in [-0.39, 0.29) is 17.2 Å². The fraction of sp³-hybridized carbons (Fsp3) is 0.133. The first-order chi connectivity index (χ1) is 10.4. The molecule has 0 saturated heterocycles. The average molecular weight is 322 g/mol. The van der Waals surface area contributed by atoms with Crippen LogP contribution in [0.25, 0.3) is 0 Å². The van der Waals surface area contributed by atoms with Crippen molar-refractivity contribution in [1.82, 2.24) is 4.72 Å². The zero-order valence-corrected chi connectivity index (χ0v) is 12.7. The van der Waals surface area contributed by atoms with Gasteiger partial charge in [0.2, 0.25) is 15.9 Å². The Kier molecular flexibility index (Phi) is 4.89. The molecule has 5 nitrogen and oxygen atoms in total. The summed E-state index contributed by atoms with van der Waals surface area (Å²) in [5, 5.41) is 2.63. The Morgan fingerprint density at radius 3 is 2.41 bits per heavy atom. The Morgan fingerprint density at radius 2 is 1.82 bits per heavy atom. The second-order valence-corrected chi connectivity index (χ2v) is 6.47. The fourth-order valence-corrected chi connectivity index (χ4v) is 2.60. The molecule has 0 bridgehead atoms. The van der Waals surface area contributed by atoms with Crippen molar-refractivity contribution in [2.45, 2.75) is 11.3 Å². The van der Waals surface area contributed by atoms with Crippen LogP contribution in [-0.2, 0) is 21.2 Å². The standard InChI is InChI=1S/C15H15FN2O3S/c1-17-22(20,21)14-7-5-13(6-8-14)18-15(19)10-11-3-2-4-12(16)9-11/h2-9,17H,10H2,1H3,(H,18,19). The molecule has 0 aliphatic rings. The van der Waals surface area contributed by atoms with Crippen molar-refractivity contribution in [1.29, 1.82) is 0 Å². The van der Waals surface area contributed by atoms with Crippen molar-refractivity contribution >= 4 is 21.6 Å². The maximum atomic E-state index is 13.0. The molecule has 7 heteroatoms. The zero-order chi connectivity index (χ0) is 16.2. The number of carbonyl (C=O) groups is 1. The minimum Gasteiger partial charge on any atom is -0.326 e. The lowest BCUT2D eigenvalue weighted by Crippen LogP contribution is -2.18. The first-order valence-corrected chi connectivity index (χ1v) is 7.97. The first-order valence-electron chi connectivity index (χ1n) is 6.48. The highest BCUT2D eigenvalue weighted by Crippen LogP contribution is 2.14. The number of sulfonamides is 1. The Labute approximate surface area is 128 Å². The van der Waals surface area contributed by atoms with E-state index in [1.807, 2.05) is 0 Å². The summed E-state index contributed by atoms with van der Waals surface area (Å²) in [6.45, 7) is 0. The van der Waals surface area contributed by atoms with Gasteiger partial charge in [0, 0.05) is 5.69 Å². The average Bonchev–Trinajstić information content (AvgIpc) is 2.47. The molecule has 0 saturated carbocycles. The molecular formula is C15H15FN2O3S. The summed E-state index contributed by atoms with van der Waals surface area (Å²) in [6, 6.07) is 11.6. The van der Waals surface area contributed by atoms with Crippen molar-refractivity contribution in [2.75, 3.05) is 12.4 Å². The van der Waals surface area contributed by atoms with Crippen LogP contribution in [0.3, 0.4) is 0 Å². The lowest BCUT2D eigenvalue weighted by molar-refractivity contribution is -0.115. The molecular weight excluding hydrogens is 307 g/mol. The summed E-state index contributed by atoms with van der Waals surface area (Å²) in [7, 11) is -2.18. The van der Waals surface area contributed by atoms with Crippen molar-refractivity contribution in [3.05, 3.63) is 59.9 Å². The molecule has 1 amide bonds. The van der Waals surface area contributed by atoms with Crippen LogP contribution in [0, 0.1) is 5.82 Å². The normalized spacial score (nSPS) is 11.2. The summed E-state index contributed by atoms with van der Waals surface area (Å²) < 4.78 is 38.4. The number of benzene rings is 2. The second-order valence-electron chi connectivity index (χ2n) is 4.59. The van der Waals surface area contributed by atoms with Gasteiger partial charge in [-0.25, -0.2) is 17.5 Å². The highest BCUT2D eigenvalue weighted by molar-refractivity contribution is 7.89. The zero-order valence-electron chi connectivity index (χ0n) is 11.8. The lowest BCUT2D eigenvalue weighted by Gasteiger charge is -2.07. The van der Waals surface area contributed by atoms with E-state index in [4.69, 9.17) is 0 Å². The Morgan fingerprint density at radius 1 is 1.14 bits per heavy atom. The van der Waals surface area contributed by atoms with Crippen LogP contribution >= 0.6 is 0 Å². The second kappa shape index (κ2) is 6.67. The van der Waals surface area contributed by atoms with Gasteiger partial charge in [-0.15, -0.1) is 0 Å². The topological polar surface area (TPSA) is 75.3 Å². The highest BCUT2D eigenvalue weighted by atomic mass is 32.2. The van der Waals surface area contributed by atoms with E-state index in [1.165, 1.54) is 49.5 Å². The first kappa shape index (κ1) is 16.1. The van der Waals surface area contributed by atoms with E-state index in [0.717, 1.165) is 0 Å². The van der Waals surface area contributed by atoms with E-state index in [9.17, 15) is 17.6 Å². The number of anilines is 1. The lowest BCUT2D eigenvalue weighted by atomic mass is 10.1. The summed E-state index contributed by atoms with van der Waals surface area (Å²) in [5.74, 6) is -0.707. The van der Waals surface area contributed by atoms with E-state index in [0.29, 0.717) is 11.3 Å². The van der Waals surface area contributed by atoms with E-state index in [1.54, 1.807) is 6.07 Å².